The molecule has 1 aromatic rings. The Kier molecular flexibility index (Phi) is 5.05. The van der Waals surface area contributed by atoms with Crippen LogP contribution in [-0.2, 0) is 14.3 Å². The highest BCUT2D eigenvalue weighted by Gasteiger charge is 2.20. The second kappa shape index (κ2) is 6.99. The van der Waals surface area contributed by atoms with Crippen LogP contribution in [0, 0.1) is 0 Å². The highest BCUT2D eigenvalue weighted by atomic mass is 16.5. The molecule has 2 rings (SSSR count). The van der Waals surface area contributed by atoms with Crippen molar-refractivity contribution in [2.75, 3.05) is 31.6 Å². The van der Waals surface area contributed by atoms with E-state index in [0.717, 1.165) is 0 Å². The van der Waals surface area contributed by atoms with E-state index in [4.69, 9.17) is 4.74 Å². The normalized spacial score (nSPS) is 14.6. The number of ketones is 1. The van der Waals surface area contributed by atoms with Crippen molar-refractivity contribution < 1.29 is 19.1 Å². The second-order valence-electron chi connectivity index (χ2n) is 4.86. The van der Waals surface area contributed by atoms with Crippen molar-refractivity contribution in [1.82, 2.24) is 4.90 Å². The summed E-state index contributed by atoms with van der Waals surface area (Å²) in [5.74, 6) is -0.643. The zero-order chi connectivity index (χ0) is 15.2. The third-order valence-electron chi connectivity index (χ3n) is 3.18. The van der Waals surface area contributed by atoms with Gasteiger partial charge < -0.3 is 15.0 Å². The third kappa shape index (κ3) is 4.39. The van der Waals surface area contributed by atoms with Crippen LogP contribution in [-0.4, -0.2) is 48.8 Å². The standard InChI is InChI=1S/C15H18N2O4/c1-11(18)16-13-4-2-3-12(9-13)14(19)10-15(20)17-5-7-21-8-6-17/h2-4,9H,5-8,10H2,1H3,(H,16,18). The van der Waals surface area contributed by atoms with Gasteiger partial charge in [-0.05, 0) is 12.1 Å². The summed E-state index contributed by atoms with van der Waals surface area (Å²) >= 11 is 0. The van der Waals surface area contributed by atoms with Gasteiger partial charge in [-0.1, -0.05) is 12.1 Å². The maximum atomic E-state index is 12.1. The van der Waals surface area contributed by atoms with Crippen LogP contribution in [0.5, 0.6) is 0 Å². The number of Topliss-reactive ketones (excluding diaryl/α,β-unsaturated/α-hetero) is 1. The number of carbonyl (C=O) groups excluding carboxylic acids is 3. The molecule has 1 fully saturated rings. The minimum atomic E-state index is -0.251. The molecule has 0 bridgehead atoms. The lowest BCUT2D eigenvalue weighted by molar-refractivity contribution is -0.134. The topological polar surface area (TPSA) is 75.7 Å². The molecule has 1 N–H and O–H groups in total. The Morgan fingerprint density at radius 1 is 1.24 bits per heavy atom. The van der Waals surface area contributed by atoms with E-state index in [0.29, 0.717) is 37.6 Å². The van der Waals surface area contributed by atoms with E-state index in [2.05, 4.69) is 5.32 Å². The SMILES string of the molecule is CC(=O)Nc1cccc(C(=O)CC(=O)N2CCOCC2)c1. The first-order valence-corrected chi connectivity index (χ1v) is 6.82. The Morgan fingerprint density at radius 3 is 2.62 bits per heavy atom. The minimum absolute atomic E-state index is 0.163. The average molecular weight is 290 g/mol. The number of hydrogen-bond acceptors (Lipinski definition) is 4. The van der Waals surface area contributed by atoms with Gasteiger partial charge in [0.2, 0.25) is 11.8 Å². The third-order valence-corrected chi connectivity index (χ3v) is 3.18. The van der Waals surface area contributed by atoms with Gasteiger partial charge in [-0.25, -0.2) is 0 Å². The summed E-state index contributed by atoms with van der Waals surface area (Å²) in [4.78, 5) is 36.8. The van der Waals surface area contributed by atoms with E-state index in [1.54, 1.807) is 29.2 Å². The zero-order valence-electron chi connectivity index (χ0n) is 11.9. The molecule has 0 aromatic heterocycles. The van der Waals surface area contributed by atoms with Crippen molar-refractivity contribution in [3.63, 3.8) is 0 Å². The Bertz CT molecular complexity index is 550. The van der Waals surface area contributed by atoms with Crippen LogP contribution in [0.1, 0.15) is 23.7 Å². The van der Waals surface area contributed by atoms with E-state index in [1.165, 1.54) is 6.92 Å². The summed E-state index contributed by atoms with van der Waals surface area (Å²) in [6.45, 7) is 3.47. The predicted octanol–water partition coefficient (Wildman–Crippen LogP) is 1.08. The molecular weight excluding hydrogens is 272 g/mol. The van der Waals surface area contributed by atoms with Crippen molar-refractivity contribution in [2.24, 2.45) is 0 Å². The number of nitrogens with zero attached hydrogens (tertiary/aromatic N) is 1. The maximum Gasteiger partial charge on any atom is 0.230 e. The van der Waals surface area contributed by atoms with Gasteiger partial charge in [0, 0.05) is 31.3 Å². The van der Waals surface area contributed by atoms with Gasteiger partial charge in [0.15, 0.2) is 5.78 Å². The Balaban J connectivity index is 1.99. The number of nitrogens with one attached hydrogen (secondary N) is 1. The van der Waals surface area contributed by atoms with Crippen molar-refractivity contribution >= 4 is 23.3 Å². The number of carbonyl (C=O) groups is 3. The van der Waals surface area contributed by atoms with Crippen LogP contribution in [0.4, 0.5) is 5.69 Å². The zero-order valence-corrected chi connectivity index (χ0v) is 11.9. The van der Waals surface area contributed by atoms with Crippen LogP contribution in [0.25, 0.3) is 0 Å². The first-order chi connectivity index (χ1) is 10.1. The summed E-state index contributed by atoms with van der Waals surface area (Å²) in [6.07, 6.45) is -0.163. The van der Waals surface area contributed by atoms with E-state index >= 15 is 0 Å². The summed E-state index contributed by atoms with van der Waals surface area (Å²) in [7, 11) is 0. The number of amides is 2. The number of benzene rings is 1. The van der Waals surface area contributed by atoms with Crippen LogP contribution in [0.3, 0.4) is 0 Å². The van der Waals surface area contributed by atoms with Gasteiger partial charge >= 0.3 is 0 Å². The Labute approximate surface area is 123 Å². The van der Waals surface area contributed by atoms with Gasteiger partial charge in [-0.3, -0.25) is 14.4 Å². The van der Waals surface area contributed by atoms with Gasteiger partial charge in [0.05, 0.1) is 19.6 Å². The molecule has 6 nitrogen and oxygen atoms in total. The Hall–Kier alpha value is -2.21. The molecule has 21 heavy (non-hydrogen) atoms. The van der Waals surface area contributed by atoms with Gasteiger partial charge in [0.25, 0.3) is 0 Å². The number of ether oxygens (including phenoxy) is 1. The molecule has 112 valence electrons. The monoisotopic (exact) mass is 290 g/mol. The summed E-state index contributed by atoms with van der Waals surface area (Å²) < 4.78 is 5.17. The quantitative estimate of drug-likeness (QED) is 0.665. The maximum absolute atomic E-state index is 12.1. The summed E-state index contributed by atoms with van der Waals surface area (Å²) in [5.41, 5.74) is 0.968. The van der Waals surface area contributed by atoms with Crippen molar-refractivity contribution in [3.05, 3.63) is 29.8 Å². The molecule has 1 saturated heterocycles. The Morgan fingerprint density at radius 2 is 1.95 bits per heavy atom. The fourth-order valence-electron chi connectivity index (χ4n) is 2.14. The predicted molar refractivity (Wildman–Crippen MR) is 77.1 cm³/mol. The van der Waals surface area contributed by atoms with Crippen molar-refractivity contribution in [2.45, 2.75) is 13.3 Å². The van der Waals surface area contributed by atoms with Gasteiger partial charge in [0.1, 0.15) is 0 Å². The molecule has 0 unspecified atom stereocenters. The first-order valence-electron chi connectivity index (χ1n) is 6.82. The molecule has 1 aromatic carbocycles. The van der Waals surface area contributed by atoms with Crippen molar-refractivity contribution in [1.29, 1.82) is 0 Å². The van der Waals surface area contributed by atoms with Crippen LogP contribution < -0.4 is 5.32 Å². The molecule has 2 amide bonds. The fraction of sp³-hybridized carbons (Fsp3) is 0.400. The second-order valence-corrected chi connectivity index (χ2v) is 4.86. The van der Waals surface area contributed by atoms with E-state index in [-0.39, 0.29) is 24.0 Å². The molecule has 0 radical (unpaired) electrons. The molecule has 1 aliphatic rings. The van der Waals surface area contributed by atoms with E-state index in [1.807, 2.05) is 0 Å². The lowest BCUT2D eigenvalue weighted by atomic mass is 10.1. The highest BCUT2D eigenvalue weighted by molar-refractivity contribution is 6.08. The van der Waals surface area contributed by atoms with Crippen LogP contribution in [0.2, 0.25) is 0 Å². The minimum Gasteiger partial charge on any atom is -0.378 e. The molecule has 1 heterocycles. The molecular formula is C15H18N2O4. The molecule has 0 atom stereocenters. The molecule has 1 aliphatic heterocycles. The molecule has 0 spiro atoms. The first kappa shape index (κ1) is 15.2. The summed E-state index contributed by atoms with van der Waals surface area (Å²) in [5, 5.41) is 2.61. The lowest BCUT2D eigenvalue weighted by Gasteiger charge is -2.26. The van der Waals surface area contributed by atoms with E-state index in [9.17, 15) is 14.4 Å². The smallest absolute Gasteiger partial charge is 0.230 e. The van der Waals surface area contributed by atoms with Crippen molar-refractivity contribution in [3.8, 4) is 0 Å². The van der Waals surface area contributed by atoms with Gasteiger partial charge in [-0.2, -0.15) is 0 Å². The number of rotatable bonds is 4. The lowest BCUT2D eigenvalue weighted by Crippen LogP contribution is -2.41. The van der Waals surface area contributed by atoms with Crippen LogP contribution in [0.15, 0.2) is 24.3 Å². The number of hydrogen-bond donors (Lipinski definition) is 1. The number of morpholine rings is 1. The fourth-order valence-corrected chi connectivity index (χ4v) is 2.14. The van der Waals surface area contributed by atoms with Gasteiger partial charge in [-0.15, -0.1) is 0 Å². The molecule has 0 saturated carbocycles. The van der Waals surface area contributed by atoms with E-state index < -0.39 is 0 Å². The van der Waals surface area contributed by atoms with Crippen LogP contribution >= 0.6 is 0 Å². The molecule has 6 heteroatoms. The average Bonchev–Trinajstić information content (AvgIpc) is 2.47. The highest BCUT2D eigenvalue weighted by Crippen LogP contribution is 2.13. The molecule has 0 aliphatic carbocycles. The largest absolute Gasteiger partial charge is 0.378 e. The number of anilines is 1. The summed E-state index contributed by atoms with van der Waals surface area (Å²) in [6, 6.07) is 6.59.